The lowest BCUT2D eigenvalue weighted by Gasteiger charge is -1.99. The Bertz CT molecular complexity index is 147. The Labute approximate surface area is 56.1 Å². The summed E-state index contributed by atoms with van der Waals surface area (Å²) in [5, 5.41) is 19.6. The van der Waals surface area contributed by atoms with Crippen molar-refractivity contribution in [3.8, 4) is 0 Å². The quantitative estimate of drug-likeness (QED) is 0.401. The standard InChI is InChI=1S/C3H7N3O4/c4-1-3(6(9)10)2-5(7)8/h3H,1-2,4H2. The van der Waals surface area contributed by atoms with E-state index in [0.29, 0.717) is 0 Å². The molecule has 7 nitrogen and oxygen atoms in total. The Morgan fingerprint density at radius 3 is 2.00 bits per heavy atom. The summed E-state index contributed by atoms with van der Waals surface area (Å²) in [6.07, 6.45) is 0. The Morgan fingerprint density at radius 1 is 1.40 bits per heavy atom. The predicted octanol–water partition coefficient (Wildman–Crippen LogP) is -1.13. The SMILES string of the molecule is NCC(C[N+](=O)[O-])[N+](=O)[O-]. The summed E-state index contributed by atoms with van der Waals surface area (Å²) < 4.78 is 0. The molecule has 10 heavy (non-hydrogen) atoms. The molecule has 0 heterocycles. The highest BCUT2D eigenvalue weighted by atomic mass is 16.6. The van der Waals surface area contributed by atoms with Crippen molar-refractivity contribution in [2.75, 3.05) is 13.1 Å². The monoisotopic (exact) mass is 149 g/mol. The fourth-order valence-electron chi connectivity index (χ4n) is 0.399. The van der Waals surface area contributed by atoms with Crippen molar-refractivity contribution in [3.05, 3.63) is 20.2 Å². The number of nitrogens with zero attached hydrogens (tertiary/aromatic N) is 2. The molecule has 7 heteroatoms. The second kappa shape index (κ2) is 3.72. The van der Waals surface area contributed by atoms with Gasteiger partial charge in [0.1, 0.15) is 0 Å². The molecule has 0 aromatic carbocycles. The van der Waals surface area contributed by atoms with E-state index in [0.717, 1.165) is 0 Å². The van der Waals surface area contributed by atoms with Crippen molar-refractivity contribution in [3.63, 3.8) is 0 Å². The van der Waals surface area contributed by atoms with Crippen molar-refractivity contribution in [2.24, 2.45) is 5.73 Å². The van der Waals surface area contributed by atoms with Crippen LogP contribution in [0.1, 0.15) is 0 Å². The molecule has 0 aliphatic carbocycles. The van der Waals surface area contributed by atoms with Crippen molar-refractivity contribution < 1.29 is 9.85 Å². The Balaban J connectivity index is 3.83. The molecule has 0 bridgehead atoms. The van der Waals surface area contributed by atoms with E-state index in [1.807, 2.05) is 0 Å². The number of rotatable bonds is 4. The van der Waals surface area contributed by atoms with E-state index in [9.17, 15) is 20.2 Å². The average molecular weight is 149 g/mol. The van der Waals surface area contributed by atoms with Crippen LogP contribution in [0.3, 0.4) is 0 Å². The van der Waals surface area contributed by atoms with Gasteiger partial charge in [0.2, 0.25) is 0 Å². The zero-order valence-electron chi connectivity index (χ0n) is 5.10. The highest BCUT2D eigenvalue weighted by molar-refractivity contribution is 4.53. The molecule has 0 spiro atoms. The third kappa shape index (κ3) is 2.92. The van der Waals surface area contributed by atoms with Gasteiger partial charge in [0.25, 0.3) is 12.6 Å². The van der Waals surface area contributed by atoms with Gasteiger partial charge in [-0.15, -0.1) is 0 Å². The Hall–Kier alpha value is -1.24. The highest BCUT2D eigenvalue weighted by Gasteiger charge is 2.23. The first kappa shape index (κ1) is 8.76. The fraction of sp³-hybridized carbons (Fsp3) is 1.00. The summed E-state index contributed by atoms with van der Waals surface area (Å²) in [5.41, 5.74) is 4.88. The van der Waals surface area contributed by atoms with Crippen LogP contribution in [0.25, 0.3) is 0 Å². The fourth-order valence-corrected chi connectivity index (χ4v) is 0.399. The van der Waals surface area contributed by atoms with E-state index >= 15 is 0 Å². The van der Waals surface area contributed by atoms with Crippen LogP contribution < -0.4 is 5.73 Å². The normalized spacial score (nSPS) is 12.5. The molecule has 1 atom stereocenters. The summed E-state index contributed by atoms with van der Waals surface area (Å²) in [5.74, 6) is 0. The number of hydrogen-bond acceptors (Lipinski definition) is 5. The number of nitro groups is 2. The maximum atomic E-state index is 9.89. The first-order chi connectivity index (χ1) is 4.57. The van der Waals surface area contributed by atoms with Crippen LogP contribution in [0.4, 0.5) is 0 Å². The molecule has 0 aliphatic rings. The molecule has 1 unspecified atom stereocenters. The molecule has 0 saturated heterocycles. The lowest BCUT2D eigenvalue weighted by atomic mass is 10.3. The van der Waals surface area contributed by atoms with Crippen LogP contribution in [0.5, 0.6) is 0 Å². The van der Waals surface area contributed by atoms with E-state index < -0.39 is 22.4 Å². The van der Waals surface area contributed by atoms with Crippen LogP contribution in [0.2, 0.25) is 0 Å². The van der Waals surface area contributed by atoms with Gasteiger partial charge in [0, 0.05) is 9.85 Å². The second-order valence-corrected chi connectivity index (χ2v) is 1.69. The van der Waals surface area contributed by atoms with Gasteiger partial charge in [-0.3, -0.25) is 20.2 Å². The highest BCUT2D eigenvalue weighted by Crippen LogP contribution is 1.86. The molecule has 0 aromatic rings. The minimum absolute atomic E-state index is 0.298. The van der Waals surface area contributed by atoms with E-state index in [1.165, 1.54) is 0 Å². The van der Waals surface area contributed by atoms with Crippen LogP contribution in [-0.4, -0.2) is 29.0 Å². The van der Waals surface area contributed by atoms with Gasteiger partial charge in [0.05, 0.1) is 6.54 Å². The molecule has 0 aromatic heterocycles. The second-order valence-electron chi connectivity index (χ2n) is 1.69. The number of nitrogens with two attached hydrogens (primary N) is 1. The summed E-state index contributed by atoms with van der Waals surface area (Å²) >= 11 is 0. The molecular formula is C3H7N3O4. The van der Waals surface area contributed by atoms with Crippen LogP contribution >= 0.6 is 0 Å². The molecule has 0 radical (unpaired) electrons. The van der Waals surface area contributed by atoms with E-state index in [2.05, 4.69) is 0 Å². The first-order valence-corrected chi connectivity index (χ1v) is 2.53. The molecule has 2 N–H and O–H groups in total. The minimum Gasteiger partial charge on any atom is -0.324 e. The molecule has 0 fully saturated rings. The van der Waals surface area contributed by atoms with Gasteiger partial charge in [0.15, 0.2) is 0 Å². The van der Waals surface area contributed by atoms with E-state index in [4.69, 9.17) is 5.73 Å². The smallest absolute Gasteiger partial charge is 0.288 e. The molecule has 0 rings (SSSR count). The summed E-state index contributed by atoms with van der Waals surface area (Å²) in [6.45, 7) is -1.00. The minimum atomic E-state index is -1.25. The van der Waals surface area contributed by atoms with Gasteiger partial charge in [-0.05, 0) is 0 Å². The van der Waals surface area contributed by atoms with Gasteiger partial charge >= 0.3 is 0 Å². The third-order valence-electron chi connectivity index (χ3n) is 0.930. The molecule has 0 amide bonds. The van der Waals surface area contributed by atoms with Crippen molar-refractivity contribution >= 4 is 0 Å². The number of hydrogen-bond donors (Lipinski definition) is 1. The van der Waals surface area contributed by atoms with Crippen molar-refractivity contribution in [1.29, 1.82) is 0 Å². The Kier molecular flexibility index (Phi) is 3.26. The van der Waals surface area contributed by atoms with E-state index in [-0.39, 0.29) is 6.54 Å². The van der Waals surface area contributed by atoms with Crippen LogP contribution in [-0.2, 0) is 0 Å². The first-order valence-electron chi connectivity index (χ1n) is 2.53. The topological polar surface area (TPSA) is 112 Å². The van der Waals surface area contributed by atoms with Gasteiger partial charge in [-0.25, -0.2) is 0 Å². The third-order valence-corrected chi connectivity index (χ3v) is 0.930. The lowest BCUT2D eigenvalue weighted by Crippen LogP contribution is -2.35. The Morgan fingerprint density at radius 2 is 1.90 bits per heavy atom. The predicted molar refractivity (Wildman–Crippen MR) is 31.7 cm³/mol. The molecule has 0 aliphatic heterocycles. The van der Waals surface area contributed by atoms with Crippen LogP contribution in [0.15, 0.2) is 0 Å². The van der Waals surface area contributed by atoms with Crippen molar-refractivity contribution in [2.45, 2.75) is 6.04 Å². The largest absolute Gasteiger partial charge is 0.324 e. The molecular weight excluding hydrogens is 142 g/mol. The van der Waals surface area contributed by atoms with Crippen LogP contribution in [0, 0.1) is 20.2 Å². The van der Waals surface area contributed by atoms with Crippen molar-refractivity contribution in [1.82, 2.24) is 0 Å². The zero-order valence-corrected chi connectivity index (χ0v) is 5.10. The molecule has 58 valence electrons. The zero-order chi connectivity index (χ0) is 8.15. The maximum absolute atomic E-state index is 9.89. The summed E-state index contributed by atoms with van der Waals surface area (Å²) in [7, 11) is 0. The lowest BCUT2D eigenvalue weighted by molar-refractivity contribution is -0.585. The summed E-state index contributed by atoms with van der Waals surface area (Å²) in [6, 6.07) is -1.25. The maximum Gasteiger partial charge on any atom is 0.288 e. The van der Waals surface area contributed by atoms with Gasteiger partial charge in [-0.1, -0.05) is 0 Å². The average Bonchev–Trinajstić information content (AvgIpc) is 1.81. The van der Waals surface area contributed by atoms with Gasteiger partial charge in [-0.2, -0.15) is 0 Å². The van der Waals surface area contributed by atoms with E-state index in [1.54, 1.807) is 0 Å². The molecule has 0 saturated carbocycles. The van der Waals surface area contributed by atoms with Gasteiger partial charge < -0.3 is 5.73 Å². The summed E-state index contributed by atoms with van der Waals surface area (Å²) in [4.78, 5) is 18.1.